The van der Waals surface area contributed by atoms with Crippen molar-refractivity contribution in [3.05, 3.63) is 59.5 Å². The van der Waals surface area contributed by atoms with Gasteiger partial charge in [-0.05, 0) is 11.6 Å². The molecular weight excluding hydrogens is 324 g/mol. The van der Waals surface area contributed by atoms with E-state index in [-0.39, 0.29) is 5.91 Å². The summed E-state index contributed by atoms with van der Waals surface area (Å²) >= 11 is 1.48. The molecule has 24 heavy (non-hydrogen) atoms. The summed E-state index contributed by atoms with van der Waals surface area (Å²) in [6, 6.07) is 7.72. The van der Waals surface area contributed by atoms with Crippen LogP contribution in [0, 0.1) is 0 Å². The van der Waals surface area contributed by atoms with Crippen molar-refractivity contribution in [1.82, 2.24) is 20.3 Å². The highest BCUT2D eigenvalue weighted by Crippen LogP contribution is 2.28. The van der Waals surface area contributed by atoms with E-state index in [1.807, 2.05) is 29.6 Å². The van der Waals surface area contributed by atoms with Crippen LogP contribution >= 0.6 is 11.3 Å². The fraction of sp³-hybridized carbons (Fsp3) is 0.176. The fourth-order valence-corrected chi connectivity index (χ4v) is 3.31. The fourth-order valence-electron chi connectivity index (χ4n) is 2.54. The van der Waals surface area contributed by atoms with Crippen LogP contribution in [-0.2, 0) is 17.8 Å². The minimum atomic E-state index is -0.472. The van der Waals surface area contributed by atoms with Crippen molar-refractivity contribution in [2.45, 2.75) is 19.1 Å². The van der Waals surface area contributed by atoms with Gasteiger partial charge in [0.25, 0.3) is 5.91 Å². The first-order chi connectivity index (χ1) is 11.8. The summed E-state index contributed by atoms with van der Waals surface area (Å²) in [5.41, 5.74) is 2.59. The topological polar surface area (TPSA) is 77.0 Å². The Morgan fingerprint density at radius 1 is 1.33 bits per heavy atom. The third-order valence-corrected chi connectivity index (χ3v) is 4.63. The predicted octanol–water partition coefficient (Wildman–Crippen LogP) is 2.22. The Labute approximate surface area is 142 Å². The smallest absolute Gasteiger partial charge is 0.261 e. The van der Waals surface area contributed by atoms with Gasteiger partial charge >= 0.3 is 0 Å². The van der Waals surface area contributed by atoms with E-state index >= 15 is 0 Å². The molecule has 1 aromatic carbocycles. The molecule has 1 atom stereocenters. The summed E-state index contributed by atoms with van der Waals surface area (Å²) < 4.78 is 5.68. The third kappa shape index (κ3) is 2.98. The Hall–Kier alpha value is -2.80. The molecule has 3 aromatic rings. The predicted molar refractivity (Wildman–Crippen MR) is 89.5 cm³/mol. The maximum atomic E-state index is 12.3. The third-order valence-electron chi connectivity index (χ3n) is 3.72. The van der Waals surface area contributed by atoms with Crippen LogP contribution in [0.25, 0.3) is 10.7 Å². The second-order valence-corrected chi connectivity index (χ2v) is 6.23. The summed E-state index contributed by atoms with van der Waals surface area (Å²) in [4.78, 5) is 25.0. The van der Waals surface area contributed by atoms with Gasteiger partial charge in [0.2, 0.25) is 0 Å². The maximum Gasteiger partial charge on any atom is 0.261 e. The van der Waals surface area contributed by atoms with Crippen LogP contribution in [0.15, 0.2) is 48.2 Å². The Morgan fingerprint density at radius 3 is 3.08 bits per heavy atom. The van der Waals surface area contributed by atoms with Crippen LogP contribution < -0.4 is 10.1 Å². The van der Waals surface area contributed by atoms with Gasteiger partial charge < -0.3 is 10.1 Å². The van der Waals surface area contributed by atoms with Gasteiger partial charge in [-0.1, -0.05) is 18.2 Å². The van der Waals surface area contributed by atoms with Crippen molar-refractivity contribution < 1.29 is 9.53 Å². The van der Waals surface area contributed by atoms with Gasteiger partial charge in [0.1, 0.15) is 16.5 Å². The number of fused-ring (bicyclic) bond motifs is 1. The van der Waals surface area contributed by atoms with Crippen LogP contribution in [0.5, 0.6) is 5.75 Å². The van der Waals surface area contributed by atoms with Crippen LogP contribution in [0.4, 0.5) is 0 Å². The molecule has 0 bridgehead atoms. The van der Waals surface area contributed by atoms with Crippen LogP contribution in [0.3, 0.4) is 0 Å². The van der Waals surface area contributed by atoms with E-state index in [2.05, 4.69) is 20.3 Å². The number of aromatic nitrogens is 3. The maximum absolute atomic E-state index is 12.3. The first kappa shape index (κ1) is 14.8. The van der Waals surface area contributed by atoms with Gasteiger partial charge in [-0.2, -0.15) is 0 Å². The number of nitrogens with one attached hydrogen (secondary N) is 1. The molecule has 1 amide bonds. The Kier molecular flexibility index (Phi) is 3.92. The summed E-state index contributed by atoms with van der Waals surface area (Å²) in [5, 5.41) is 5.58. The molecule has 7 heteroatoms. The molecule has 1 aliphatic rings. The summed E-state index contributed by atoms with van der Waals surface area (Å²) in [5.74, 6) is 0.663. The number of para-hydroxylation sites is 1. The number of hydrogen-bond acceptors (Lipinski definition) is 6. The summed E-state index contributed by atoms with van der Waals surface area (Å²) in [6.45, 7) is 0.367. The molecule has 0 unspecified atom stereocenters. The molecule has 6 nitrogen and oxygen atoms in total. The Balaban J connectivity index is 1.36. The van der Waals surface area contributed by atoms with Crippen LogP contribution in [0.1, 0.15) is 11.3 Å². The van der Waals surface area contributed by atoms with E-state index in [0.29, 0.717) is 13.0 Å². The van der Waals surface area contributed by atoms with Gasteiger partial charge in [0.05, 0.1) is 18.4 Å². The lowest BCUT2D eigenvalue weighted by molar-refractivity contribution is -0.127. The molecular formula is C17H14N4O2S. The summed E-state index contributed by atoms with van der Waals surface area (Å²) in [6.07, 6.45) is 5.06. The number of thiazole rings is 1. The first-order valence-electron chi connectivity index (χ1n) is 7.52. The first-order valence-corrected chi connectivity index (χ1v) is 8.40. The molecule has 0 fully saturated rings. The van der Waals surface area contributed by atoms with E-state index in [0.717, 1.165) is 27.7 Å². The quantitative estimate of drug-likeness (QED) is 0.789. The average Bonchev–Trinajstić information content (AvgIpc) is 3.27. The SMILES string of the molecule is O=C(NCc1csc(-c2cnccn2)n1)[C@H]1Cc2ccccc2O1. The second-order valence-electron chi connectivity index (χ2n) is 5.37. The van der Waals surface area contributed by atoms with Gasteiger partial charge in [0.15, 0.2) is 6.10 Å². The number of carbonyl (C=O) groups excluding carboxylic acids is 1. The molecule has 1 aliphatic heterocycles. The van der Waals surface area contributed by atoms with E-state index < -0.39 is 6.10 Å². The Morgan fingerprint density at radius 2 is 2.25 bits per heavy atom. The Bertz CT molecular complexity index is 841. The molecule has 0 radical (unpaired) electrons. The molecule has 2 aromatic heterocycles. The van der Waals surface area contributed by atoms with E-state index in [1.54, 1.807) is 18.6 Å². The second kappa shape index (κ2) is 6.37. The number of ether oxygens (including phenoxy) is 1. The van der Waals surface area contributed by atoms with Crippen molar-refractivity contribution in [3.63, 3.8) is 0 Å². The lowest BCUT2D eigenvalue weighted by Gasteiger charge is -2.10. The highest BCUT2D eigenvalue weighted by atomic mass is 32.1. The zero-order chi connectivity index (χ0) is 16.4. The number of nitrogens with zero attached hydrogens (tertiary/aromatic N) is 3. The van der Waals surface area contributed by atoms with E-state index in [1.165, 1.54) is 11.3 Å². The average molecular weight is 338 g/mol. The van der Waals surface area contributed by atoms with Crippen LogP contribution in [0.2, 0.25) is 0 Å². The number of hydrogen-bond donors (Lipinski definition) is 1. The van der Waals surface area contributed by atoms with E-state index in [9.17, 15) is 4.79 Å². The van der Waals surface area contributed by atoms with Crippen molar-refractivity contribution in [1.29, 1.82) is 0 Å². The molecule has 120 valence electrons. The van der Waals surface area contributed by atoms with Crippen LogP contribution in [-0.4, -0.2) is 27.0 Å². The molecule has 1 N–H and O–H groups in total. The minimum Gasteiger partial charge on any atom is -0.480 e. The molecule has 0 saturated heterocycles. The van der Waals surface area contributed by atoms with Crippen molar-refractivity contribution >= 4 is 17.2 Å². The highest BCUT2D eigenvalue weighted by Gasteiger charge is 2.28. The normalized spacial score (nSPS) is 15.6. The number of carbonyl (C=O) groups is 1. The molecule has 4 rings (SSSR count). The summed E-state index contributed by atoms with van der Waals surface area (Å²) in [7, 11) is 0. The van der Waals surface area contributed by atoms with Gasteiger partial charge in [0, 0.05) is 24.2 Å². The number of amides is 1. The largest absolute Gasteiger partial charge is 0.480 e. The standard InChI is InChI=1S/C17H14N4O2S/c22-16(15-7-11-3-1-2-4-14(11)23-15)20-8-12-10-24-17(21-12)13-9-18-5-6-19-13/h1-6,9-10,15H,7-8H2,(H,20,22)/t15-/m1/s1. The molecule has 0 saturated carbocycles. The highest BCUT2D eigenvalue weighted by molar-refractivity contribution is 7.13. The molecule has 0 aliphatic carbocycles. The van der Waals surface area contributed by atoms with Crippen molar-refractivity contribution in [2.24, 2.45) is 0 Å². The monoisotopic (exact) mass is 338 g/mol. The zero-order valence-electron chi connectivity index (χ0n) is 12.7. The number of benzene rings is 1. The lowest BCUT2D eigenvalue weighted by Crippen LogP contribution is -2.37. The number of rotatable bonds is 4. The molecule has 0 spiro atoms. The zero-order valence-corrected chi connectivity index (χ0v) is 13.5. The minimum absolute atomic E-state index is 0.125. The molecule has 3 heterocycles. The van der Waals surface area contributed by atoms with Gasteiger partial charge in [-0.3, -0.25) is 14.8 Å². The van der Waals surface area contributed by atoms with E-state index in [4.69, 9.17) is 4.74 Å². The lowest BCUT2D eigenvalue weighted by atomic mass is 10.1. The van der Waals surface area contributed by atoms with Crippen molar-refractivity contribution in [3.8, 4) is 16.5 Å². The van der Waals surface area contributed by atoms with Gasteiger partial charge in [-0.25, -0.2) is 4.98 Å². The van der Waals surface area contributed by atoms with Gasteiger partial charge in [-0.15, -0.1) is 11.3 Å². The van der Waals surface area contributed by atoms with Crippen molar-refractivity contribution in [2.75, 3.05) is 0 Å².